The van der Waals surface area contributed by atoms with E-state index in [1.54, 1.807) is 0 Å². The average molecular weight is 213 g/mol. The van der Waals surface area contributed by atoms with Crippen molar-refractivity contribution in [2.24, 2.45) is 5.41 Å². The highest BCUT2D eigenvalue weighted by Gasteiger charge is 2.53. The molecule has 88 valence electrons. The summed E-state index contributed by atoms with van der Waals surface area (Å²) < 4.78 is 11.8. The molecule has 0 atom stereocenters. The average Bonchev–Trinajstić information content (AvgIpc) is 2.14. The van der Waals surface area contributed by atoms with Crippen LogP contribution >= 0.6 is 0 Å². The molecule has 2 fully saturated rings. The second-order valence-corrected chi connectivity index (χ2v) is 5.96. The molecule has 0 aromatic rings. The predicted molar refractivity (Wildman–Crippen MR) is 59.7 cm³/mol. The maximum absolute atomic E-state index is 6.33. The Labute approximate surface area is 92.5 Å². The Morgan fingerprint density at radius 3 is 2.20 bits per heavy atom. The SMILES string of the molecule is CC1(C)NCC(C)(C)C2(CCOCC2)O1. The van der Waals surface area contributed by atoms with E-state index < -0.39 is 0 Å². The van der Waals surface area contributed by atoms with Gasteiger partial charge in [0.25, 0.3) is 0 Å². The lowest BCUT2D eigenvalue weighted by Crippen LogP contribution is -2.66. The van der Waals surface area contributed by atoms with E-state index in [1.165, 1.54) is 0 Å². The third-order valence-corrected chi connectivity index (χ3v) is 3.94. The molecule has 3 heteroatoms. The van der Waals surface area contributed by atoms with Crippen LogP contribution in [0.3, 0.4) is 0 Å². The fourth-order valence-corrected chi connectivity index (χ4v) is 2.74. The molecule has 0 aromatic heterocycles. The van der Waals surface area contributed by atoms with Crippen molar-refractivity contribution in [3.8, 4) is 0 Å². The molecule has 1 spiro atoms. The highest BCUT2D eigenvalue weighted by molar-refractivity contribution is 5.02. The van der Waals surface area contributed by atoms with Gasteiger partial charge in [-0.15, -0.1) is 0 Å². The largest absolute Gasteiger partial charge is 0.381 e. The van der Waals surface area contributed by atoms with Crippen molar-refractivity contribution in [3.05, 3.63) is 0 Å². The number of ether oxygens (including phenoxy) is 2. The lowest BCUT2D eigenvalue weighted by Gasteiger charge is -2.57. The van der Waals surface area contributed by atoms with Crippen molar-refractivity contribution in [2.45, 2.75) is 51.9 Å². The first-order valence-electron chi connectivity index (χ1n) is 5.90. The monoisotopic (exact) mass is 213 g/mol. The third kappa shape index (κ3) is 1.93. The smallest absolute Gasteiger partial charge is 0.114 e. The Morgan fingerprint density at radius 2 is 1.60 bits per heavy atom. The van der Waals surface area contributed by atoms with Crippen molar-refractivity contribution >= 4 is 0 Å². The van der Waals surface area contributed by atoms with E-state index in [9.17, 15) is 0 Å². The molecule has 0 bridgehead atoms. The number of nitrogens with one attached hydrogen (secondary N) is 1. The zero-order valence-electron chi connectivity index (χ0n) is 10.4. The second kappa shape index (κ2) is 3.44. The molecule has 2 saturated heterocycles. The Morgan fingerprint density at radius 1 is 1.00 bits per heavy atom. The fourth-order valence-electron chi connectivity index (χ4n) is 2.74. The molecule has 0 radical (unpaired) electrons. The lowest BCUT2D eigenvalue weighted by atomic mass is 9.68. The van der Waals surface area contributed by atoms with Crippen LogP contribution in [0, 0.1) is 5.41 Å². The Bertz CT molecular complexity index is 242. The van der Waals surface area contributed by atoms with Gasteiger partial charge in [-0.05, 0) is 13.8 Å². The third-order valence-electron chi connectivity index (χ3n) is 3.94. The fraction of sp³-hybridized carbons (Fsp3) is 1.00. The van der Waals surface area contributed by atoms with Crippen LogP contribution in [-0.4, -0.2) is 31.1 Å². The van der Waals surface area contributed by atoms with Gasteiger partial charge in [-0.2, -0.15) is 0 Å². The Kier molecular flexibility index (Phi) is 2.61. The van der Waals surface area contributed by atoms with Gasteiger partial charge >= 0.3 is 0 Å². The maximum atomic E-state index is 6.33. The summed E-state index contributed by atoms with van der Waals surface area (Å²) in [6.45, 7) is 11.5. The van der Waals surface area contributed by atoms with Crippen LogP contribution in [0.4, 0.5) is 0 Å². The van der Waals surface area contributed by atoms with Gasteiger partial charge in [0.1, 0.15) is 5.72 Å². The molecule has 2 aliphatic heterocycles. The van der Waals surface area contributed by atoms with E-state index in [0.29, 0.717) is 0 Å². The summed E-state index contributed by atoms with van der Waals surface area (Å²) in [5, 5.41) is 3.46. The van der Waals surface area contributed by atoms with Gasteiger partial charge in [-0.1, -0.05) is 13.8 Å². The molecule has 2 aliphatic rings. The van der Waals surface area contributed by atoms with Gasteiger partial charge < -0.3 is 9.47 Å². The molecule has 1 N–H and O–H groups in total. The normalized spacial score (nSPS) is 32.8. The van der Waals surface area contributed by atoms with Gasteiger partial charge in [0.15, 0.2) is 0 Å². The first kappa shape index (κ1) is 11.4. The topological polar surface area (TPSA) is 30.5 Å². The lowest BCUT2D eigenvalue weighted by molar-refractivity contribution is -0.262. The van der Waals surface area contributed by atoms with Crippen molar-refractivity contribution < 1.29 is 9.47 Å². The number of rotatable bonds is 0. The van der Waals surface area contributed by atoms with Crippen LogP contribution in [-0.2, 0) is 9.47 Å². The van der Waals surface area contributed by atoms with Crippen molar-refractivity contribution in [1.82, 2.24) is 5.32 Å². The van der Waals surface area contributed by atoms with E-state index >= 15 is 0 Å². The first-order valence-corrected chi connectivity index (χ1v) is 5.90. The van der Waals surface area contributed by atoms with E-state index in [2.05, 4.69) is 33.0 Å². The molecule has 0 saturated carbocycles. The van der Waals surface area contributed by atoms with E-state index in [1.807, 2.05) is 0 Å². The zero-order chi connectivity index (χ0) is 11.2. The molecule has 15 heavy (non-hydrogen) atoms. The molecule has 0 amide bonds. The van der Waals surface area contributed by atoms with Crippen LogP contribution in [0.2, 0.25) is 0 Å². The van der Waals surface area contributed by atoms with Crippen LogP contribution in [0.15, 0.2) is 0 Å². The molecule has 2 heterocycles. The standard InChI is InChI=1S/C12H23NO2/c1-10(2)9-13-11(3,4)15-12(10)5-7-14-8-6-12/h13H,5-9H2,1-4H3. The van der Waals surface area contributed by atoms with Crippen molar-refractivity contribution in [1.29, 1.82) is 0 Å². The van der Waals surface area contributed by atoms with Crippen LogP contribution in [0.25, 0.3) is 0 Å². The summed E-state index contributed by atoms with van der Waals surface area (Å²) in [4.78, 5) is 0. The van der Waals surface area contributed by atoms with Crippen molar-refractivity contribution in [2.75, 3.05) is 19.8 Å². The summed E-state index contributed by atoms with van der Waals surface area (Å²) in [7, 11) is 0. The summed E-state index contributed by atoms with van der Waals surface area (Å²) in [5.41, 5.74) is -0.0147. The highest BCUT2D eigenvalue weighted by atomic mass is 16.5. The summed E-state index contributed by atoms with van der Waals surface area (Å²) in [5.74, 6) is 0. The van der Waals surface area contributed by atoms with Crippen molar-refractivity contribution in [3.63, 3.8) is 0 Å². The zero-order valence-corrected chi connectivity index (χ0v) is 10.4. The van der Waals surface area contributed by atoms with Gasteiger partial charge in [0.05, 0.1) is 5.60 Å². The molecule has 0 aliphatic carbocycles. The quantitative estimate of drug-likeness (QED) is 0.667. The minimum Gasteiger partial charge on any atom is -0.381 e. The van der Waals surface area contributed by atoms with E-state index in [-0.39, 0.29) is 16.7 Å². The molecular formula is C12H23NO2. The Hall–Kier alpha value is -0.120. The van der Waals surface area contributed by atoms with Gasteiger partial charge in [0.2, 0.25) is 0 Å². The van der Waals surface area contributed by atoms with Gasteiger partial charge in [-0.25, -0.2) is 0 Å². The molecular weight excluding hydrogens is 190 g/mol. The minimum atomic E-state index is -0.202. The van der Waals surface area contributed by atoms with Crippen LogP contribution in [0.5, 0.6) is 0 Å². The summed E-state index contributed by atoms with van der Waals surface area (Å²) >= 11 is 0. The maximum Gasteiger partial charge on any atom is 0.114 e. The van der Waals surface area contributed by atoms with Gasteiger partial charge in [-0.3, -0.25) is 5.32 Å². The second-order valence-electron chi connectivity index (χ2n) is 5.96. The van der Waals surface area contributed by atoms with Crippen LogP contribution < -0.4 is 5.32 Å². The molecule has 0 unspecified atom stereocenters. The first-order chi connectivity index (χ1) is 6.87. The summed E-state index contributed by atoms with van der Waals surface area (Å²) in [6.07, 6.45) is 2.04. The van der Waals surface area contributed by atoms with E-state index in [4.69, 9.17) is 9.47 Å². The van der Waals surface area contributed by atoms with Crippen LogP contribution in [0.1, 0.15) is 40.5 Å². The minimum absolute atomic E-state index is 0. The number of hydrogen-bond donors (Lipinski definition) is 1. The number of hydrogen-bond acceptors (Lipinski definition) is 3. The highest BCUT2D eigenvalue weighted by Crippen LogP contribution is 2.46. The van der Waals surface area contributed by atoms with E-state index in [0.717, 1.165) is 32.6 Å². The predicted octanol–water partition coefficient (Wildman–Crippen LogP) is 1.92. The molecule has 2 rings (SSSR count). The molecule has 3 nitrogen and oxygen atoms in total. The molecule has 0 aromatic carbocycles. The van der Waals surface area contributed by atoms with Gasteiger partial charge in [0, 0.05) is 38.0 Å². The Balaban J connectivity index is 2.23. The summed E-state index contributed by atoms with van der Waals surface area (Å²) in [6, 6.07) is 0.